The van der Waals surface area contributed by atoms with Crippen LogP contribution in [0.2, 0.25) is 5.02 Å². The highest BCUT2D eigenvalue weighted by Gasteiger charge is 2.27. The van der Waals surface area contributed by atoms with E-state index in [4.69, 9.17) is 21.1 Å². The topological polar surface area (TPSA) is 33.7 Å². The second-order valence-corrected chi connectivity index (χ2v) is 9.74. The van der Waals surface area contributed by atoms with Crippen LogP contribution in [0.15, 0.2) is 48.5 Å². The number of nitrogens with zero attached hydrogens (tertiary/aromatic N) is 1. The first-order valence-corrected chi connectivity index (χ1v) is 12.3. The third kappa shape index (κ3) is 5.92. The molecule has 4 nitrogen and oxygen atoms in total. The van der Waals surface area contributed by atoms with Crippen LogP contribution in [-0.4, -0.2) is 54.9 Å². The van der Waals surface area contributed by atoms with E-state index in [0.29, 0.717) is 17.9 Å². The fraction of sp³-hybridized carbons (Fsp3) is 0.500. The van der Waals surface area contributed by atoms with E-state index < -0.39 is 0 Å². The molecule has 30 heavy (non-hydrogen) atoms. The number of ether oxygens (including phenoxy) is 2. The highest BCUT2D eigenvalue weighted by molar-refractivity contribution is 8.00. The molecule has 2 aromatic carbocycles. The molecule has 0 amide bonds. The van der Waals surface area contributed by atoms with Crippen LogP contribution < -0.4 is 10.1 Å². The number of rotatable bonds is 8. The molecule has 2 aliphatic rings. The number of thioether (sulfide) groups is 1. The first-order valence-electron chi connectivity index (χ1n) is 10.9. The van der Waals surface area contributed by atoms with E-state index >= 15 is 0 Å². The molecule has 3 unspecified atom stereocenters. The van der Waals surface area contributed by atoms with Crippen molar-refractivity contribution in [2.45, 2.75) is 37.2 Å². The van der Waals surface area contributed by atoms with Crippen molar-refractivity contribution in [3.63, 3.8) is 0 Å². The molecule has 0 aliphatic carbocycles. The van der Waals surface area contributed by atoms with Gasteiger partial charge in [0.25, 0.3) is 0 Å². The van der Waals surface area contributed by atoms with Gasteiger partial charge in [0, 0.05) is 41.8 Å². The van der Waals surface area contributed by atoms with Gasteiger partial charge in [-0.3, -0.25) is 4.90 Å². The number of hydrogen-bond acceptors (Lipinski definition) is 5. The third-order valence-corrected chi connectivity index (χ3v) is 7.34. The highest BCUT2D eigenvalue weighted by Crippen LogP contribution is 2.26. The molecule has 0 bridgehead atoms. The molecule has 1 N–H and O–H groups in total. The Labute approximate surface area is 189 Å². The van der Waals surface area contributed by atoms with Crippen molar-refractivity contribution in [1.29, 1.82) is 0 Å². The van der Waals surface area contributed by atoms with Crippen molar-refractivity contribution in [3.8, 4) is 5.75 Å². The van der Waals surface area contributed by atoms with Gasteiger partial charge in [-0.1, -0.05) is 42.8 Å². The maximum atomic E-state index is 6.18. The van der Waals surface area contributed by atoms with Gasteiger partial charge in [-0.05, 0) is 48.2 Å². The summed E-state index contributed by atoms with van der Waals surface area (Å²) in [4.78, 5) is 2.49. The highest BCUT2D eigenvalue weighted by atomic mass is 35.5. The van der Waals surface area contributed by atoms with Crippen molar-refractivity contribution in [2.24, 2.45) is 0 Å². The molecule has 2 saturated heterocycles. The van der Waals surface area contributed by atoms with Gasteiger partial charge in [0.1, 0.15) is 12.4 Å². The predicted octanol–water partition coefficient (Wildman–Crippen LogP) is 4.78. The molecule has 2 fully saturated rings. The minimum Gasteiger partial charge on any atom is -0.492 e. The first kappa shape index (κ1) is 22.0. The summed E-state index contributed by atoms with van der Waals surface area (Å²) in [5.74, 6) is 2.03. The van der Waals surface area contributed by atoms with Gasteiger partial charge >= 0.3 is 0 Å². The van der Waals surface area contributed by atoms with Crippen LogP contribution in [0.1, 0.15) is 30.6 Å². The number of nitrogens with one attached hydrogen (secondary N) is 1. The molecule has 2 aliphatic heterocycles. The van der Waals surface area contributed by atoms with E-state index in [1.165, 1.54) is 5.56 Å². The lowest BCUT2D eigenvalue weighted by atomic mass is 10.1. The Balaban J connectivity index is 1.30. The van der Waals surface area contributed by atoms with Gasteiger partial charge in [0.2, 0.25) is 0 Å². The Bertz CT molecular complexity index is 798. The summed E-state index contributed by atoms with van der Waals surface area (Å²) in [5, 5.41) is 4.86. The van der Waals surface area contributed by atoms with Crippen molar-refractivity contribution in [1.82, 2.24) is 10.2 Å². The smallest absolute Gasteiger partial charge is 0.119 e. The molecular formula is C24H31ClN2O2S. The van der Waals surface area contributed by atoms with Gasteiger partial charge in [0.15, 0.2) is 0 Å². The largest absolute Gasteiger partial charge is 0.492 e. The third-order valence-electron chi connectivity index (χ3n) is 5.93. The molecule has 0 saturated carbocycles. The summed E-state index contributed by atoms with van der Waals surface area (Å²) in [5.41, 5.74) is 2.53. The maximum Gasteiger partial charge on any atom is 0.119 e. The zero-order valence-electron chi connectivity index (χ0n) is 17.6. The summed E-state index contributed by atoms with van der Waals surface area (Å²) in [6.45, 7) is 6.57. The summed E-state index contributed by atoms with van der Waals surface area (Å²) in [6.07, 6.45) is 2.23. The van der Waals surface area contributed by atoms with E-state index in [1.807, 2.05) is 30.0 Å². The molecule has 0 aromatic heterocycles. The predicted molar refractivity (Wildman–Crippen MR) is 126 cm³/mol. The average molecular weight is 447 g/mol. The second kappa shape index (κ2) is 10.9. The quantitative estimate of drug-likeness (QED) is 0.631. The Morgan fingerprint density at radius 2 is 2.13 bits per heavy atom. The van der Waals surface area contributed by atoms with Crippen molar-refractivity contribution in [3.05, 3.63) is 64.7 Å². The molecule has 6 heteroatoms. The zero-order valence-corrected chi connectivity index (χ0v) is 19.1. The lowest BCUT2D eigenvalue weighted by Crippen LogP contribution is -2.47. The van der Waals surface area contributed by atoms with Crippen LogP contribution in [0.5, 0.6) is 5.75 Å². The number of hydrogen-bond donors (Lipinski definition) is 1. The van der Waals surface area contributed by atoms with E-state index in [9.17, 15) is 0 Å². The van der Waals surface area contributed by atoms with Crippen molar-refractivity contribution >= 4 is 23.4 Å². The lowest BCUT2D eigenvalue weighted by molar-refractivity contribution is -0.0513. The summed E-state index contributed by atoms with van der Waals surface area (Å²) in [6, 6.07) is 17.0. The molecule has 2 aromatic rings. The Hall–Kier alpha value is -1.24. The molecule has 0 radical (unpaired) electrons. The maximum absolute atomic E-state index is 6.18. The van der Waals surface area contributed by atoms with Crippen LogP contribution in [0.3, 0.4) is 0 Å². The van der Waals surface area contributed by atoms with Gasteiger partial charge in [-0.2, -0.15) is 0 Å². The number of benzene rings is 2. The van der Waals surface area contributed by atoms with Crippen LogP contribution >= 0.6 is 23.4 Å². The minimum atomic E-state index is 0.0636. The molecule has 4 rings (SSSR count). The molecule has 3 atom stereocenters. The second-order valence-electron chi connectivity index (χ2n) is 8.02. The minimum absolute atomic E-state index is 0.0636. The molecular weight excluding hydrogens is 416 g/mol. The summed E-state index contributed by atoms with van der Waals surface area (Å²) >= 11 is 8.18. The standard InChI is InChI=1S/C24H31ClN2O2S/c1-2-21(27-10-11-28-24(15-27)19-4-3-5-20(25)13-19)16-29-22-8-6-18(7-9-22)12-23-14-26-17-30-23/h3-9,13,21,23-24,26H,2,10-12,14-17H2,1H3. The van der Waals surface area contributed by atoms with Crippen molar-refractivity contribution < 1.29 is 9.47 Å². The van der Waals surface area contributed by atoms with E-state index in [-0.39, 0.29) is 6.10 Å². The summed E-state index contributed by atoms with van der Waals surface area (Å²) in [7, 11) is 0. The SMILES string of the molecule is CCC(COc1ccc(CC2CNCS2)cc1)N1CCOC(c2cccc(Cl)c2)C1. The normalized spacial score (nSPS) is 23.4. The summed E-state index contributed by atoms with van der Waals surface area (Å²) < 4.78 is 12.2. The zero-order chi connectivity index (χ0) is 20.8. The number of morpholine rings is 1. The van der Waals surface area contributed by atoms with Gasteiger partial charge < -0.3 is 14.8 Å². The van der Waals surface area contributed by atoms with Crippen molar-refractivity contribution in [2.75, 3.05) is 38.7 Å². The van der Waals surface area contributed by atoms with Crippen LogP contribution in [0.4, 0.5) is 0 Å². The molecule has 2 heterocycles. The Kier molecular flexibility index (Phi) is 7.96. The molecule has 162 valence electrons. The van der Waals surface area contributed by atoms with Crippen LogP contribution in [0.25, 0.3) is 0 Å². The van der Waals surface area contributed by atoms with Crippen LogP contribution in [0, 0.1) is 0 Å². The Morgan fingerprint density at radius 3 is 2.87 bits per heavy atom. The monoisotopic (exact) mass is 446 g/mol. The lowest BCUT2D eigenvalue weighted by Gasteiger charge is -2.38. The molecule has 0 spiro atoms. The average Bonchev–Trinajstić information content (AvgIpc) is 3.29. The van der Waals surface area contributed by atoms with Gasteiger partial charge in [0.05, 0.1) is 12.7 Å². The fourth-order valence-electron chi connectivity index (χ4n) is 4.15. The van der Waals surface area contributed by atoms with Crippen LogP contribution in [-0.2, 0) is 11.2 Å². The number of halogens is 1. The fourth-order valence-corrected chi connectivity index (χ4v) is 5.37. The van der Waals surface area contributed by atoms with E-state index in [0.717, 1.165) is 61.3 Å². The van der Waals surface area contributed by atoms with Gasteiger partial charge in [-0.25, -0.2) is 0 Å². The van der Waals surface area contributed by atoms with E-state index in [2.05, 4.69) is 47.5 Å². The Morgan fingerprint density at radius 1 is 1.27 bits per heavy atom. The first-order chi connectivity index (χ1) is 14.7. The van der Waals surface area contributed by atoms with Gasteiger partial charge in [-0.15, -0.1) is 11.8 Å². The van der Waals surface area contributed by atoms with E-state index in [1.54, 1.807) is 0 Å².